The van der Waals surface area contributed by atoms with Crippen LogP contribution in [0.4, 0.5) is 11.4 Å². The summed E-state index contributed by atoms with van der Waals surface area (Å²) in [6.45, 7) is 4.68. The molecule has 5 N–H and O–H groups in total. The standard InChI is InChI=1S/C21H30N4O4/c1-16-14-20(19(15-21(16)29)23-7-11-26)24-18-4-2-17(3-5-18)22-6-8-25(9-12-27)10-13-28/h2-5,14-15,22-23,26-28H,6-13H2,1H3. The number of carbonyl (C=O) groups is 1. The van der Waals surface area contributed by atoms with Gasteiger partial charge in [-0.25, -0.2) is 4.99 Å². The fourth-order valence-corrected chi connectivity index (χ4v) is 2.87. The summed E-state index contributed by atoms with van der Waals surface area (Å²) in [7, 11) is 0. The smallest absolute Gasteiger partial charge is 0.183 e. The number of rotatable bonds is 12. The van der Waals surface area contributed by atoms with Gasteiger partial charge in [-0.15, -0.1) is 0 Å². The molecule has 0 unspecified atom stereocenters. The van der Waals surface area contributed by atoms with Crippen LogP contribution in [0, 0.1) is 0 Å². The highest BCUT2D eigenvalue weighted by Crippen LogP contribution is 2.20. The van der Waals surface area contributed by atoms with Gasteiger partial charge in [-0.3, -0.25) is 9.69 Å². The largest absolute Gasteiger partial charge is 0.395 e. The van der Waals surface area contributed by atoms with Gasteiger partial charge in [0.25, 0.3) is 0 Å². The minimum atomic E-state index is -0.0691. The number of benzene rings is 1. The van der Waals surface area contributed by atoms with Gasteiger partial charge in [0.05, 0.1) is 36.9 Å². The van der Waals surface area contributed by atoms with Crippen LogP contribution < -0.4 is 10.6 Å². The summed E-state index contributed by atoms with van der Waals surface area (Å²) in [6.07, 6.45) is 3.25. The highest BCUT2D eigenvalue weighted by atomic mass is 16.3. The minimum Gasteiger partial charge on any atom is -0.395 e. The van der Waals surface area contributed by atoms with Crippen molar-refractivity contribution in [3.63, 3.8) is 0 Å². The van der Waals surface area contributed by atoms with E-state index >= 15 is 0 Å². The lowest BCUT2D eigenvalue weighted by Crippen LogP contribution is -2.34. The highest BCUT2D eigenvalue weighted by Gasteiger charge is 2.15. The van der Waals surface area contributed by atoms with Crippen LogP contribution in [0.3, 0.4) is 0 Å². The van der Waals surface area contributed by atoms with Gasteiger partial charge < -0.3 is 26.0 Å². The van der Waals surface area contributed by atoms with Crippen molar-refractivity contribution in [3.05, 3.63) is 47.7 Å². The fraction of sp³-hybridized carbons (Fsp3) is 0.429. The Labute approximate surface area is 171 Å². The molecule has 0 radical (unpaired) electrons. The molecular formula is C21H30N4O4. The average molecular weight is 402 g/mol. The number of hydrogen-bond donors (Lipinski definition) is 5. The quantitative estimate of drug-likeness (QED) is 0.322. The molecule has 2 rings (SSSR count). The molecule has 158 valence electrons. The zero-order valence-electron chi connectivity index (χ0n) is 16.8. The molecule has 29 heavy (non-hydrogen) atoms. The van der Waals surface area contributed by atoms with Gasteiger partial charge in [0.15, 0.2) is 5.78 Å². The summed E-state index contributed by atoms with van der Waals surface area (Å²) in [5.74, 6) is -0.0691. The summed E-state index contributed by atoms with van der Waals surface area (Å²) in [4.78, 5) is 18.5. The van der Waals surface area contributed by atoms with Crippen LogP contribution in [-0.2, 0) is 4.79 Å². The van der Waals surface area contributed by atoms with Gasteiger partial charge in [0.1, 0.15) is 0 Å². The molecule has 0 atom stereocenters. The fourth-order valence-electron chi connectivity index (χ4n) is 2.87. The number of aliphatic hydroxyl groups is 3. The van der Waals surface area contributed by atoms with E-state index in [1.54, 1.807) is 13.0 Å². The number of allylic oxidation sites excluding steroid dienone is 3. The Kier molecular flexibility index (Phi) is 9.52. The molecule has 0 aliphatic heterocycles. The van der Waals surface area contributed by atoms with Gasteiger partial charge in [0, 0.05) is 44.5 Å². The van der Waals surface area contributed by atoms with E-state index in [1.165, 1.54) is 6.08 Å². The molecule has 0 bridgehead atoms. The number of carbonyl (C=O) groups excluding carboxylic acids is 1. The monoisotopic (exact) mass is 402 g/mol. The molecular weight excluding hydrogens is 372 g/mol. The lowest BCUT2D eigenvalue weighted by molar-refractivity contribution is -0.111. The van der Waals surface area contributed by atoms with Crippen molar-refractivity contribution in [3.8, 4) is 0 Å². The second-order valence-corrected chi connectivity index (χ2v) is 6.66. The number of hydrogen-bond acceptors (Lipinski definition) is 8. The van der Waals surface area contributed by atoms with Crippen LogP contribution in [0.5, 0.6) is 0 Å². The van der Waals surface area contributed by atoms with Crippen LogP contribution in [0.2, 0.25) is 0 Å². The number of aliphatic hydroxyl groups excluding tert-OH is 3. The van der Waals surface area contributed by atoms with Crippen molar-refractivity contribution in [1.82, 2.24) is 10.2 Å². The van der Waals surface area contributed by atoms with Crippen molar-refractivity contribution in [2.45, 2.75) is 6.92 Å². The first kappa shape index (κ1) is 22.8. The third-order valence-electron chi connectivity index (χ3n) is 4.43. The number of ketones is 1. The Hall–Kier alpha value is -2.52. The van der Waals surface area contributed by atoms with E-state index in [1.807, 2.05) is 29.2 Å². The first-order valence-electron chi connectivity index (χ1n) is 9.73. The Bertz CT molecular complexity index is 750. The van der Waals surface area contributed by atoms with Crippen molar-refractivity contribution >= 4 is 22.9 Å². The maximum absolute atomic E-state index is 11.9. The molecule has 0 amide bonds. The van der Waals surface area contributed by atoms with Crippen molar-refractivity contribution in [1.29, 1.82) is 0 Å². The number of aliphatic imine (C=N–C) groups is 1. The van der Waals surface area contributed by atoms with E-state index < -0.39 is 0 Å². The normalized spacial score (nSPS) is 15.5. The summed E-state index contributed by atoms with van der Waals surface area (Å²) < 4.78 is 0. The Morgan fingerprint density at radius 1 is 0.897 bits per heavy atom. The SMILES string of the molecule is CC1=CC(=Nc2ccc(NCCN(CCO)CCO)cc2)C(NCCO)=CC1=O. The molecule has 0 saturated carbocycles. The number of nitrogens with one attached hydrogen (secondary N) is 2. The third-order valence-corrected chi connectivity index (χ3v) is 4.43. The predicted octanol–water partition coefficient (Wildman–Crippen LogP) is 0.452. The summed E-state index contributed by atoms with van der Waals surface area (Å²) in [5.41, 5.74) is 3.57. The van der Waals surface area contributed by atoms with Crippen LogP contribution in [0.15, 0.2) is 52.7 Å². The van der Waals surface area contributed by atoms with Gasteiger partial charge in [-0.1, -0.05) is 0 Å². The van der Waals surface area contributed by atoms with E-state index in [-0.39, 0.29) is 25.6 Å². The zero-order valence-corrected chi connectivity index (χ0v) is 16.8. The van der Waals surface area contributed by atoms with E-state index in [2.05, 4.69) is 15.6 Å². The lowest BCUT2D eigenvalue weighted by Gasteiger charge is -2.20. The van der Waals surface area contributed by atoms with Gasteiger partial charge in [0.2, 0.25) is 0 Å². The van der Waals surface area contributed by atoms with E-state index in [0.717, 1.165) is 11.4 Å². The van der Waals surface area contributed by atoms with Gasteiger partial charge in [-0.2, -0.15) is 0 Å². The van der Waals surface area contributed by atoms with Gasteiger partial charge >= 0.3 is 0 Å². The Morgan fingerprint density at radius 2 is 1.59 bits per heavy atom. The van der Waals surface area contributed by atoms with Crippen molar-refractivity contribution in [2.24, 2.45) is 4.99 Å². The lowest BCUT2D eigenvalue weighted by atomic mass is 10.0. The maximum atomic E-state index is 11.9. The van der Waals surface area contributed by atoms with E-state index in [9.17, 15) is 4.79 Å². The second kappa shape index (κ2) is 12.1. The minimum absolute atomic E-state index is 0.0318. The summed E-state index contributed by atoms with van der Waals surface area (Å²) in [6, 6.07) is 7.63. The first-order valence-corrected chi connectivity index (χ1v) is 9.73. The topological polar surface area (TPSA) is 117 Å². The van der Waals surface area contributed by atoms with Gasteiger partial charge in [-0.05, 0) is 42.8 Å². The molecule has 1 aromatic carbocycles. The highest BCUT2D eigenvalue weighted by molar-refractivity contribution is 6.22. The van der Waals surface area contributed by atoms with Crippen LogP contribution in [0.25, 0.3) is 0 Å². The molecule has 8 heteroatoms. The molecule has 0 saturated heterocycles. The maximum Gasteiger partial charge on any atom is 0.183 e. The summed E-state index contributed by atoms with van der Waals surface area (Å²) >= 11 is 0. The molecule has 0 fully saturated rings. The van der Waals surface area contributed by atoms with E-state index in [0.29, 0.717) is 49.7 Å². The first-order chi connectivity index (χ1) is 14.1. The number of nitrogens with zero attached hydrogens (tertiary/aromatic N) is 2. The molecule has 0 heterocycles. The molecule has 0 spiro atoms. The summed E-state index contributed by atoms with van der Waals surface area (Å²) in [5, 5.41) is 33.4. The predicted molar refractivity (Wildman–Crippen MR) is 115 cm³/mol. The molecule has 8 nitrogen and oxygen atoms in total. The van der Waals surface area contributed by atoms with Crippen molar-refractivity contribution in [2.75, 3.05) is 57.9 Å². The molecule has 0 aromatic heterocycles. The van der Waals surface area contributed by atoms with Crippen LogP contribution in [-0.4, -0.2) is 84.3 Å². The zero-order chi connectivity index (χ0) is 21.1. The Morgan fingerprint density at radius 3 is 2.21 bits per heavy atom. The van der Waals surface area contributed by atoms with Crippen molar-refractivity contribution < 1.29 is 20.1 Å². The van der Waals surface area contributed by atoms with Crippen LogP contribution >= 0.6 is 0 Å². The molecule has 1 aliphatic rings. The van der Waals surface area contributed by atoms with Crippen LogP contribution in [0.1, 0.15) is 6.92 Å². The second-order valence-electron chi connectivity index (χ2n) is 6.66. The average Bonchev–Trinajstić information content (AvgIpc) is 2.71. The third kappa shape index (κ3) is 7.43. The number of anilines is 1. The molecule has 1 aliphatic carbocycles. The van der Waals surface area contributed by atoms with E-state index in [4.69, 9.17) is 15.3 Å². The molecule has 1 aromatic rings. The Balaban J connectivity index is 1.99.